The first-order chi connectivity index (χ1) is 8.31. The minimum Gasteiger partial charge on any atom is -0.394 e. The lowest BCUT2D eigenvalue weighted by Gasteiger charge is -2.17. The Bertz CT molecular complexity index is 270. The highest BCUT2D eigenvalue weighted by atomic mass is 16.3. The molecule has 0 rings (SSSR count). The number of carbonyl (C=O) groups excluding carboxylic acids is 2. The molecular weight excluding hydrogens is 236 g/mol. The zero-order valence-electron chi connectivity index (χ0n) is 11.3. The number of hydrogen-bond donors (Lipinski definition) is 4. The van der Waals surface area contributed by atoms with Crippen LogP contribution in [0, 0.1) is 5.41 Å². The average Bonchev–Trinajstić information content (AvgIpc) is 2.30. The molecule has 6 heteroatoms. The van der Waals surface area contributed by atoms with Gasteiger partial charge in [-0.1, -0.05) is 20.8 Å². The number of aliphatic hydroxyl groups excluding tert-OH is 2. The van der Waals surface area contributed by atoms with Crippen LogP contribution in [0.25, 0.3) is 0 Å². The molecule has 4 N–H and O–H groups in total. The van der Waals surface area contributed by atoms with Crippen molar-refractivity contribution < 1.29 is 19.8 Å². The molecule has 0 bridgehead atoms. The molecule has 0 aliphatic heterocycles. The second kappa shape index (κ2) is 8.05. The lowest BCUT2D eigenvalue weighted by molar-refractivity contribution is -0.128. The van der Waals surface area contributed by atoms with Crippen LogP contribution in [0.4, 0.5) is 0 Å². The first-order valence-corrected chi connectivity index (χ1v) is 6.10. The van der Waals surface area contributed by atoms with Crippen LogP contribution in [-0.2, 0) is 9.59 Å². The Morgan fingerprint density at radius 3 is 2.17 bits per heavy atom. The summed E-state index contributed by atoms with van der Waals surface area (Å²) in [7, 11) is 0. The molecule has 0 atom stereocenters. The van der Waals surface area contributed by atoms with Crippen LogP contribution in [0.3, 0.4) is 0 Å². The maximum atomic E-state index is 11.5. The van der Waals surface area contributed by atoms with E-state index < -0.39 is 11.5 Å². The highest BCUT2D eigenvalue weighted by molar-refractivity contribution is 5.81. The van der Waals surface area contributed by atoms with Gasteiger partial charge < -0.3 is 20.8 Å². The summed E-state index contributed by atoms with van der Waals surface area (Å²) in [5.74, 6) is -0.292. The lowest BCUT2D eigenvalue weighted by Crippen LogP contribution is -2.40. The molecule has 106 valence electrons. The molecule has 0 aromatic rings. The first kappa shape index (κ1) is 16.9. The minimum atomic E-state index is -0.610. The van der Waals surface area contributed by atoms with Gasteiger partial charge in [-0.05, 0) is 6.42 Å². The molecule has 0 radical (unpaired) electrons. The van der Waals surface area contributed by atoms with Gasteiger partial charge >= 0.3 is 0 Å². The number of hydrogen-bond acceptors (Lipinski definition) is 4. The van der Waals surface area contributed by atoms with Crippen molar-refractivity contribution in [2.75, 3.05) is 19.8 Å². The summed E-state index contributed by atoms with van der Waals surface area (Å²) in [6.45, 7) is 5.32. The van der Waals surface area contributed by atoms with Crippen molar-refractivity contribution in [3.63, 3.8) is 0 Å². The van der Waals surface area contributed by atoms with Crippen LogP contribution in [-0.4, -0.2) is 47.8 Å². The van der Waals surface area contributed by atoms with E-state index in [9.17, 15) is 9.59 Å². The number of carbonyl (C=O) groups is 2. The molecule has 0 aliphatic carbocycles. The van der Waals surface area contributed by atoms with Crippen molar-refractivity contribution in [3.05, 3.63) is 0 Å². The van der Waals surface area contributed by atoms with Gasteiger partial charge in [0, 0.05) is 18.4 Å². The van der Waals surface area contributed by atoms with Gasteiger partial charge in [0.2, 0.25) is 11.8 Å². The molecule has 18 heavy (non-hydrogen) atoms. The minimum absolute atomic E-state index is 0.0495. The standard InChI is InChI=1S/C12H24N2O4/c1-12(2,3)11(18)13-6-4-5-10(17)14-9(7-15)8-16/h9,15-16H,4-8H2,1-3H3,(H,13,18)(H,14,17). The smallest absolute Gasteiger partial charge is 0.225 e. The van der Waals surface area contributed by atoms with Crippen molar-refractivity contribution in [2.45, 2.75) is 39.7 Å². The summed E-state index contributed by atoms with van der Waals surface area (Å²) in [4.78, 5) is 22.9. The Morgan fingerprint density at radius 2 is 1.72 bits per heavy atom. The quantitative estimate of drug-likeness (QED) is 0.459. The summed E-state index contributed by atoms with van der Waals surface area (Å²) in [5, 5.41) is 22.8. The first-order valence-electron chi connectivity index (χ1n) is 6.10. The predicted molar refractivity (Wildman–Crippen MR) is 67.8 cm³/mol. The molecule has 0 fully saturated rings. The van der Waals surface area contributed by atoms with E-state index in [-0.39, 0.29) is 31.4 Å². The second-order valence-corrected chi connectivity index (χ2v) is 5.24. The fraction of sp³-hybridized carbons (Fsp3) is 0.833. The number of rotatable bonds is 7. The Labute approximate surface area is 108 Å². The largest absolute Gasteiger partial charge is 0.394 e. The van der Waals surface area contributed by atoms with Crippen molar-refractivity contribution in [2.24, 2.45) is 5.41 Å². The van der Waals surface area contributed by atoms with E-state index in [1.54, 1.807) is 0 Å². The van der Waals surface area contributed by atoms with Crippen LogP contribution >= 0.6 is 0 Å². The monoisotopic (exact) mass is 260 g/mol. The highest BCUT2D eigenvalue weighted by Gasteiger charge is 2.20. The van der Waals surface area contributed by atoms with Gasteiger partial charge in [-0.15, -0.1) is 0 Å². The zero-order chi connectivity index (χ0) is 14.2. The van der Waals surface area contributed by atoms with E-state index in [0.29, 0.717) is 13.0 Å². The van der Waals surface area contributed by atoms with Gasteiger partial charge in [-0.3, -0.25) is 9.59 Å². The van der Waals surface area contributed by atoms with Gasteiger partial charge in [0.15, 0.2) is 0 Å². The van der Waals surface area contributed by atoms with Gasteiger partial charge in [0.1, 0.15) is 0 Å². The van der Waals surface area contributed by atoms with E-state index in [4.69, 9.17) is 10.2 Å². The Morgan fingerprint density at radius 1 is 1.17 bits per heavy atom. The third kappa shape index (κ3) is 7.24. The van der Waals surface area contributed by atoms with Gasteiger partial charge in [0.25, 0.3) is 0 Å². The molecule has 0 saturated heterocycles. The molecule has 0 aromatic heterocycles. The number of nitrogens with one attached hydrogen (secondary N) is 2. The maximum Gasteiger partial charge on any atom is 0.225 e. The highest BCUT2D eigenvalue weighted by Crippen LogP contribution is 2.12. The second-order valence-electron chi connectivity index (χ2n) is 5.24. The number of amides is 2. The molecule has 0 saturated carbocycles. The molecular formula is C12H24N2O4. The molecule has 0 heterocycles. The summed E-state index contributed by atoms with van der Waals surface area (Å²) < 4.78 is 0. The van der Waals surface area contributed by atoms with Crippen LogP contribution in [0.15, 0.2) is 0 Å². The van der Waals surface area contributed by atoms with Crippen molar-refractivity contribution >= 4 is 11.8 Å². The Balaban J connectivity index is 3.73. The molecule has 0 unspecified atom stereocenters. The van der Waals surface area contributed by atoms with E-state index in [2.05, 4.69) is 10.6 Å². The average molecular weight is 260 g/mol. The zero-order valence-corrected chi connectivity index (χ0v) is 11.3. The van der Waals surface area contributed by atoms with Crippen LogP contribution < -0.4 is 10.6 Å². The van der Waals surface area contributed by atoms with E-state index in [0.717, 1.165) is 0 Å². The lowest BCUT2D eigenvalue weighted by atomic mass is 9.96. The van der Waals surface area contributed by atoms with Gasteiger partial charge in [0.05, 0.1) is 19.3 Å². The van der Waals surface area contributed by atoms with Crippen LogP contribution in [0.5, 0.6) is 0 Å². The summed E-state index contributed by atoms with van der Waals surface area (Å²) in [6.07, 6.45) is 0.776. The Hall–Kier alpha value is -1.14. The van der Waals surface area contributed by atoms with Gasteiger partial charge in [-0.25, -0.2) is 0 Å². The fourth-order valence-electron chi connectivity index (χ4n) is 1.16. The molecule has 0 spiro atoms. The SMILES string of the molecule is CC(C)(C)C(=O)NCCCC(=O)NC(CO)CO. The van der Waals surface area contributed by atoms with Crippen molar-refractivity contribution in [3.8, 4) is 0 Å². The summed E-state index contributed by atoms with van der Waals surface area (Å²) in [6, 6.07) is -0.610. The molecule has 0 aliphatic rings. The summed E-state index contributed by atoms with van der Waals surface area (Å²) >= 11 is 0. The van der Waals surface area contributed by atoms with E-state index in [1.165, 1.54) is 0 Å². The molecule has 6 nitrogen and oxygen atoms in total. The topological polar surface area (TPSA) is 98.7 Å². The van der Waals surface area contributed by atoms with Crippen LogP contribution in [0.2, 0.25) is 0 Å². The normalized spacial score (nSPS) is 11.4. The van der Waals surface area contributed by atoms with Gasteiger partial charge in [-0.2, -0.15) is 0 Å². The molecule has 0 aromatic carbocycles. The Kier molecular flexibility index (Phi) is 7.54. The van der Waals surface area contributed by atoms with E-state index >= 15 is 0 Å². The third-order valence-corrected chi connectivity index (χ3v) is 2.35. The third-order valence-electron chi connectivity index (χ3n) is 2.35. The van der Waals surface area contributed by atoms with Crippen LogP contribution in [0.1, 0.15) is 33.6 Å². The molecule has 2 amide bonds. The maximum absolute atomic E-state index is 11.5. The summed E-state index contributed by atoms with van der Waals surface area (Å²) in [5.41, 5.74) is -0.429. The van der Waals surface area contributed by atoms with Crippen molar-refractivity contribution in [1.29, 1.82) is 0 Å². The van der Waals surface area contributed by atoms with E-state index in [1.807, 2.05) is 20.8 Å². The number of aliphatic hydroxyl groups is 2. The predicted octanol–water partition coefficient (Wildman–Crippen LogP) is -0.602. The van der Waals surface area contributed by atoms with Crippen molar-refractivity contribution in [1.82, 2.24) is 10.6 Å². The fourth-order valence-corrected chi connectivity index (χ4v) is 1.16.